The summed E-state index contributed by atoms with van der Waals surface area (Å²) in [5, 5.41) is 11.3. The van der Waals surface area contributed by atoms with Crippen molar-refractivity contribution in [2.45, 2.75) is 37.7 Å². The van der Waals surface area contributed by atoms with E-state index in [9.17, 15) is 5.11 Å². The number of nitrogens with one attached hydrogen (secondary N) is 1. The van der Waals surface area contributed by atoms with E-state index in [0.717, 1.165) is 17.5 Å². The molecule has 0 aromatic carbocycles. The van der Waals surface area contributed by atoms with E-state index in [0.29, 0.717) is 24.3 Å². The Balaban J connectivity index is 1.71. The van der Waals surface area contributed by atoms with Crippen molar-refractivity contribution in [2.24, 2.45) is 35.3 Å². The smallest absolute Gasteiger partial charge is 0.120 e. The summed E-state index contributed by atoms with van der Waals surface area (Å²) in [5.74, 6) is 3.61. The van der Waals surface area contributed by atoms with Gasteiger partial charge in [-0.2, -0.15) is 0 Å². The van der Waals surface area contributed by atoms with Gasteiger partial charge in [0.2, 0.25) is 0 Å². The van der Waals surface area contributed by atoms with Crippen molar-refractivity contribution in [3.8, 4) is 0 Å². The number of hydrogen-bond donors (Lipinski definition) is 3. The van der Waals surface area contributed by atoms with Crippen LogP contribution < -0.4 is 5.73 Å². The molecule has 1 aromatic rings. The summed E-state index contributed by atoms with van der Waals surface area (Å²) in [6, 6.07) is 3.96. The van der Waals surface area contributed by atoms with Gasteiger partial charge in [0.15, 0.2) is 0 Å². The van der Waals surface area contributed by atoms with Crippen LogP contribution in [0.4, 0.5) is 0 Å². The number of hydrogen-bond acceptors (Lipinski definition) is 2. The van der Waals surface area contributed by atoms with Crippen molar-refractivity contribution in [1.82, 2.24) is 4.98 Å². The maximum Gasteiger partial charge on any atom is 0.120 e. The summed E-state index contributed by atoms with van der Waals surface area (Å²) in [7, 11) is 0. The van der Waals surface area contributed by atoms with Gasteiger partial charge in [-0.1, -0.05) is 0 Å². The van der Waals surface area contributed by atoms with Gasteiger partial charge >= 0.3 is 0 Å². The Morgan fingerprint density at radius 3 is 2.26 bits per heavy atom. The lowest BCUT2D eigenvalue weighted by Crippen LogP contribution is -2.56. The Morgan fingerprint density at radius 1 is 1.16 bits per heavy atom. The molecule has 0 radical (unpaired) electrons. The predicted octanol–water partition coefficient (Wildman–Crippen LogP) is 2.23. The Hall–Kier alpha value is -0.800. The zero-order valence-electron chi connectivity index (χ0n) is 11.4. The van der Waals surface area contributed by atoms with Crippen molar-refractivity contribution in [1.29, 1.82) is 0 Å². The van der Waals surface area contributed by atoms with Crippen molar-refractivity contribution in [3.63, 3.8) is 0 Å². The van der Waals surface area contributed by atoms with Gasteiger partial charge in [0, 0.05) is 24.4 Å². The summed E-state index contributed by atoms with van der Waals surface area (Å²) in [6.07, 6.45) is 8.62. The third-order valence-electron chi connectivity index (χ3n) is 6.15. The fourth-order valence-corrected chi connectivity index (χ4v) is 5.73. The second-order valence-corrected chi connectivity index (χ2v) is 7.17. The molecule has 4 fully saturated rings. The molecular formula is C16H24N2O. The molecule has 4 N–H and O–H groups in total. The normalized spacial score (nSPS) is 43.4. The molecule has 0 saturated heterocycles. The quantitative estimate of drug-likeness (QED) is 0.780. The largest absolute Gasteiger partial charge is 0.382 e. The van der Waals surface area contributed by atoms with Crippen LogP contribution in [0.25, 0.3) is 0 Å². The highest BCUT2D eigenvalue weighted by Crippen LogP contribution is 2.60. The molecule has 1 unspecified atom stereocenters. The number of H-pyrrole nitrogens is 1. The summed E-state index contributed by atoms with van der Waals surface area (Å²) in [5.41, 5.74) is 6.09. The van der Waals surface area contributed by atoms with Crippen molar-refractivity contribution < 1.29 is 5.11 Å². The second-order valence-electron chi connectivity index (χ2n) is 7.17. The average Bonchev–Trinajstić information content (AvgIpc) is 2.91. The van der Waals surface area contributed by atoms with Gasteiger partial charge < -0.3 is 15.8 Å². The molecule has 1 heterocycles. The molecule has 19 heavy (non-hydrogen) atoms. The molecule has 3 nitrogen and oxygen atoms in total. The fraction of sp³-hybridized carbons (Fsp3) is 0.750. The zero-order chi connectivity index (χ0) is 13.0. The van der Waals surface area contributed by atoms with E-state index in [-0.39, 0.29) is 0 Å². The lowest BCUT2D eigenvalue weighted by molar-refractivity contribution is -0.144. The second kappa shape index (κ2) is 4.10. The van der Waals surface area contributed by atoms with Crippen LogP contribution in [0.3, 0.4) is 0 Å². The van der Waals surface area contributed by atoms with Crippen molar-refractivity contribution in [2.75, 3.05) is 6.54 Å². The first-order chi connectivity index (χ1) is 9.20. The van der Waals surface area contributed by atoms with Crippen LogP contribution in [0, 0.1) is 29.6 Å². The lowest BCUT2D eigenvalue weighted by atomic mass is 9.48. The molecule has 3 heteroatoms. The molecule has 0 aliphatic heterocycles. The van der Waals surface area contributed by atoms with Crippen LogP contribution in [-0.4, -0.2) is 16.6 Å². The maximum atomic E-state index is 11.3. The van der Waals surface area contributed by atoms with Gasteiger partial charge in [0.05, 0.1) is 0 Å². The highest BCUT2D eigenvalue weighted by Gasteiger charge is 2.55. The van der Waals surface area contributed by atoms with Gasteiger partial charge in [0.1, 0.15) is 5.60 Å². The van der Waals surface area contributed by atoms with E-state index in [1.54, 1.807) is 0 Å². The predicted molar refractivity (Wildman–Crippen MR) is 74.3 cm³/mol. The molecule has 4 aliphatic rings. The number of aromatic nitrogens is 1. The van der Waals surface area contributed by atoms with E-state index in [4.69, 9.17) is 5.73 Å². The molecular weight excluding hydrogens is 236 g/mol. The summed E-state index contributed by atoms with van der Waals surface area (Å²) in [6.45, 7) is 0.334. The van der Waals surface area contributed by atoms with Crippen LogP contribution in [0.15, 0.2) is 18.3 Å². The van der Waals surface area contributed by atoms with Crippen LogP contribution in [0.2, 0.25) is 0 Å². The Kier molecular flexibility index (Phi) is 2.58. The number of rotatable bonds is 3. The van der Waals surface area contributed by atoms with Gasteiger partial charge in [0.25, 0.3) is 0 Å². The highest BCUT2D eigenvalue weighted by molar-refractivity contribution is 5.19. The summed E-state index contributed by atoms with van der Waals surface area (Å²) < 4.78 is 0. The third kappa shape index (κ3) is 1.64. The van der Waals surface area contributed by atoms with Crippen LogP contribution in [0.1, 0.15) is 37.8 Å². The average molecular weight is 260 g/mol. The first kappa shape index (κ1) is 12.0. The van der Waals surface area contributed by atoms with Gasteiger partial charge in [-0.05, 0) is 67.9 Å². The molecule has 5 rings (SSSR count). The molecule has 1 aromatic heterocycles. The minimum absolute atomic E-state index is 0.334. The highest BCUT2D eigenvalue weighted by atomic mass is 16.3. The summed E-state index contributed by atoms with van der Waals surface area (Å²) >= 11 is 0. The van der Waals surface area contributed by atoms with Gasteiger partial charge in [-0.3, -0.25) is 0 Å². The Morgan fingerprint density at radius 2 is 1.79 bits per heavy atom. The molecule has 4 bridgehead atoms. The first-order valence-corrected chi connectivity index (χ1v) is 7.77. The number of nitrogens with two attached hydrogens (primary N) is 1. The summed E-state index contributed by atoms with van der Waals surface area (Å²) in [4.78, 5) is 3.21. The molecule has 0 spiro atoms. The van der Waals surface area contributed by atoms with Gasteiger partial charge in [-0.15, -0.1) is 0 Å². The van der Waals surface area contributed by atoms with Crippen LogP contribution >= 0.6 is 0 Å². The maximum absolute atomic E-state index is 11.3. The van der Waals surface area contributed by atoms with Crippen molar-refractivity contribution in [3.05, 3.63) is 24.0 Å². The van der Waals surface area contributed by atoms with Crippen LogP contribution in [0.5, 0.6) is 0 Å². The zero-order valence-corrected chi connectivity index (χ0v) is 11.4. The minimum atomic E-state index is -0.841. The number of aliphatic hydroxyl groups is 1. The third-order valence-corrected chi connectivity index (χ3v) is 6.15. The van der Waals surface area contributed by atoms with Gasteiger partial charge in [-0.25, -0.2) is 0 Å². The molecule has 4 saturated carbocycles. The standard InChI is InChI=1S/C16H24N2O/c17-9-16(19,14-2-1-3-18-14)15-12-5-10-4-11(7-12)8-13(15)6-10/h1-3,10-13,15,18-19H,4-9,17H2. The van der Waals surface area contributed by atoms with Crippen molar-refractivity contribution >= 4 is 0 Å². The lowest BCUT2D eigenvalue weighted by Gasteiger charge is -2.58. The van der Waals surface area contributed by atoms with Crippen LogP contribution in [-0.2, 0) is 5.60 Å². The minimum Gasteiger partial charge on any atom is -0.382 e. The molecule has 4 aliphatic carbocycles. The van der Waals surface area contributed by atoms with E-state index in [2.05, 4.69) is 4.98 Å². The SMILES string of the molecule is NCC(O)(c1ccc[nH]1)C1C2CC3CC(C2)CC1C3. The molecule has 0 amide bonds. The first-order valence-electron chi connectivity index (χ1n) is 7.77. The Labute approximate surface area is 114 Å². The molecule has 104 valence electrons. The number of aromatic amines is 1. The Bertz CT molecular complexity index is 427. The monoisotopic (exact) mass is 260 g/mol. The fourth-order valence-electron chi connectivity index (χ4n) is 5.73. The topological polar surface area (TPSA) is 62.0 Å². The van der Waals surface area contributed by atoms with E-state index >= 15 is 0 Å². The van der Waals surface area contributed by atoms with E-state index in [1.165, 1.54) is 32.1 Å². The molecule has 1 atom stereocenters. The van der Waals surface area contributed by atoms with E-state index < -0.39 is 5.60 Å². The van der Waals surface area contributed by atoms with E-state index in [1.807, 2.05) is 18.3 Å².